The molecule has 0 saturated heterocycles. The Morgan fingerprint density at radius 3 is 2.43 bits per heavy atom. The molecule has 1 atom stereocenters. The summed E-state index contributed by atoms with van der Waals surface area (Å²) in [6, 6.07) is 16.6. The molecule has 1 fully saturated rings. The molecule has 0 aliphatic heterocycles. The first-order valence-corrected chi connectivity index (χ1v) is 12.2. The summed E-state index contributed by atoms with van der Waals surface area (Å²) in [5, 5.41) is 3.23. The number of ether oxygens (including phenoxy) is 1. The molecular formula is C28H32N4O3. The fraction of sp³-hybridized carbons (Fsp3) is 0.357. The molecule has 4 rings (SSSR count). The molecule has 1 unspecified atom stereocenters. The number of hydrogen-bond donors (Lipinski definition) is 1. The van der Waals surface area contributed by atoms with Crippen LogP contribution in [0.25, 0.3) is 0 Å². The number of rotatable bonds is 9. The van der Waals surface area contributed by atoms with Crippen LogP contribution >= 0.6 is 0 Å². The molecular weight excluding hydrogens is 440 g/mol. The number of carbonyl (C=O) groups excluding carboxylic acids is 2. The molecule has 1 heterocycles. The van der Waals surface area contributed by atoms with Gasteiger partial charge in [-0.15, -0.1) is 0 Å². The van der Waals surface area contributed by atoms with Crippen molar-refractivity contribution in [3.8, 4) is 5.75 Å². The molecule has 1 saturated carbocycles. The molecule has 182 valence electrons. The minimum absolute atomic E-state index is 0.125. The maximum absolute atomic E-state index is 13.8. The second-order valence-electron chi connectivity index (χ2n) is 8.84. The van der Waals surface area contributed by atoms with Gasteiger partial charge in [-0.2, -0.15) is 0 Å². The van der Waals surface area contributed by atoms with E-state index in [0.29, 0.717) is 18.7 Å². The van der Waals surface area contributed by atoms with Gasteiger partial charge >= 0.3 is 0 Å². The highest BCUT2D eigenvalue weighted by Crippen LogP contribution is 2.27. The van der Waals surface area contributed by atoms with Crippen molar-refractivity contribution in [2.45, 2.75) is 50.6 Å². The Hall–Kier alpha value is -3.74. The SMILES string of the molecule is COc1ccc(C(C(=O)NC2CCCCC2)N(CCc2ccccc2)C(=O)c2cnccn2)cc1. The fourth-order valence-corrected chi connectivity index (χ4v) is 4.58. The molecule has 3 aromatic rings. The van der Waals surface area contributed by atoms with E-state index in [0.717, 1.165) is 36.8 Å². The van der Waals surface area contributed by atoms with E-state index in [4.69, 9.17) is 4.74 Å². The van der Waals surface area contributed by atoms with Crippen LogP contribution < -0.4 is 10.1 Å². The highest BCUT2D eigenvalue weighted by atomic mass is 16.5. The molecule has 0 bridgehead atoms. The van der Waals surface area contributed by atoms with Crippen LogP contribution in [0, 0.1) is 0 Å². The minimum atomic E-state index is -0.805. The van der Waals surface area contributed by atoms with Crippen molar-refractivity contribution >= 4 is 11.8 Å². The zero-order valence-corrected chi connectivity index (χ0v) is 20.1. The lowest BCUT2D eigenvalue weighted by Crippen LogP contribution is -2.47. The van der Waals surface area contributed by atoms with Crippen LogP contribution in [0.1, 0.15) is 59.8 Å². The number of nitrogens with one attached hydrogen (secondary N) is 1. The van der Waals surface area contributed by atoms with Crippen molar-refractivity contribution < 1.29 is 14.3 Å². The predicted molar refractivity (Wildman–Crippen MR) is 134 cm³/mol. The average molecular weight is 473 g/mol. The van der Waals surface area contributed by atoms with Crippen molar-refractivity contribution in [2.75, 3.05) is 13.7 Å². The first-order valence-electron chi connectivity index (χ1n) is 12.2. The number of benzene rings is 2. The predicted octanol–water partition coefficient (Wildman–Crippen LogP) is 4.36. The van der Waals surface area contributed by atoms with E-state index < -0.39 is 6.04 Å². The third-order valence-corrected chi connectivity index (χ3v) is 6.47. The van der Waals surface area contributed by atoms with E-state index in [1.807, 2.05) is 54.6 Å². The number of aromatic nitrogens is 2. The van der Waals surface area contributed by atoms with Crippen LogP contribution in [0.3, 0.4) is 0 Å². The van der Waals surface area contributed by atoms with Crippen LogP contribution in [0.2, 0.25) is 0 Å². The van der Waals surface area contributed by atoms with Crippen molar-refractivity contribution in [1.29, 1.82) is 0 Å². The molecule has 7 nitrogen and oxygen atoms in total. The topological polar surface area (TPSA) is 84.4 Å². The molecule has 1 aliphatic carbocycles. The highest BCUT2D eigenvalue weighted by molar-refractivity contribution is 5.96. The molecule has 2 amide bonds. The van der Waals surface area contributed by atoms with Crippen LogP contribution in [0.4, 0.5) is 0 Å². The maximum Gasteiger partial charge on any atom is 0.275 e. The first-order chi connectivity index (χ1) is 17.2. The van der Waals surface area contributed by atoms with Gasteiger partial charge in [0.15, 0.2) is 0 Å². The van der Waals surface area contributed by atoms with E-state index in [1.165, 1.54) is 25.0 Å². The molecule has 7 heteroatoms. The zero-order chi connectivity index (χ0) is 24.5. The summed E-state index contributed by atoms with van der Waals surface area (Å²) >= 11 is 0. The normalized spacial score (nSPS) is 14.7. The lowest BCUT2D eigenvalue weighted by atomic mass is 9.94. The minimum Gasteiger partial charge on any atom is -0.497 e. The number of amides is 2. The molecule has 0 spiro atoms. The first kappa shape index (κ1) is 24.4. The van der Waals surface area contributed by atoms with Crippen LogP contribution in [0.15, 0.2) is 73.2 Å². The summed E-state index contributed by atoms with van der Waals surface area (Å²) < 4.78 is 5.31. The monoisotopic (exact) mass is 472 g/mol. The van der Waals surface area contributed by atoms with Gasteiger partial charge in [-0.1, -0.05) is 61.7 Å². The number of nitrogens with zero attached hydrogens (tertiary/aromatic N) is 3. The standard InChI is InChI=1S/C28H32N4O3/c1-35-24-14-12-22(13-15-24)26(27(33)31-23-10-6-3-7-11-23)32(19-16-21-8-4-2-5-9-21)28(34)25-20-29-17-18-30-25/h2,4-5,8-9,12-15,17-18,20,23,26H,3,6-7,10-11,16,19H2,1H3,(H,31,33). The molecule has 1 aromatic heterocycles. The third kappa shape index (κ3) is 6.44. The van der Waals surface area contributed by atoms with Gasteiger partial charge in [-0.05, 0) is 42.5 Å². The Balaban J connectivity index is 1.68. The van der Waals surface area contributed by atoms with E-state index in [1.54, 1.807) is 12.0 Å². The summed E-state index contributed by atoms with van der Waals surface area (Å²) in [5.41, 5.74) is 2.03. The average Bonchev–Trinajstić information content (AvgIpc) is 2.92. The molecule has 2 aromatic carbocycles. The Morgan fingerprint density at radius 1 is 1.03 bits per heavy atom. The van der Waals surface area contributed by atoms with E-state index in [9.17, 15) is 9.59 Å². The van der Waals surface area contributed by atoms with Crippen molar-refractivity contribution in [3.05, 3.63) is 90.0 Å². The summed E-state index contributed by atoms with van der Waals surface area (Å²) in [6.45, 7) is 0.355. The van der Waals surface area contributed by atoms with Crippen LogP contribution in [-0.2, 0) is 11.2 Å². The lowest BCUT2D eigenvalue weighted by Gasteiger charge is -2.33. The Kier molecular flexibility index (Phi) is 8.44. The number of methoxy groups -OCH3 is 1. The fourth-order valence-electron chi connectivity index (χ4n) is 4.58. The van der Waals surface area contributed by atoms with E-state index in [2.05, 4.69) is 15.3 Å². The maximum atomic E-state index is 13.8. The van der Waals surface area contributed by atoms with Gasteiger partial charge in [0.05, 0.1) is 13.3 Å². The van der Waals surface area contributed by atoms with E-state index >= 15 is 0 Å². The Labute approximate surface area is 206 Å². The summed E-state index contributed by atoms with van der Waals surface area (Å²) in [5.74, 6) is 0.192. The second kappa shape index (κ2) is 12.1. The van der Waals surface area contributed by atoms with Gasteiger partial charge < -0.3 is 15.0 Å². The molecule has 1 N–H and O–H groups in total. The lowest BCUT2D eigenvalue weighted by molar-refractivity contribution is -0.126. The van der Waals surface area contributed by atoms with Crippen molar-refractivity contribution in [3.63, 3.8) is 0 Å². The third-order valence-electron chi connectivity index (χ3n) is 6.47. The van der Waals surface area contributed by atoms with Gasteiger partial charge in [0.25, 0.3) is 5.91 Å². The van der Waals surface area contributed by atoms with Gasteiger partial charge in [0, 0.05) is 25.0 Å². The second-order valence-corrected chi connectivity index (χ2v) is 8.84. The summed E-state index contributed by atoms with van der Waals surface area (Å²) in [6.07, 6.45) is 10.4. The highest BCUT2D eigenvalue weighted by Gasteiger charge is 2.34. The van der Waals surface area contributed by atoms with Gasteiger partial charge in [0.1, 0.15) is 17.5 Å². The van der Waals surface area contributed by atoms with Gasteiger partial charge in [-0.25, -0.2) is 4.98 Å². The summed E-state index contributed by atoms with van der Waals surface area (Å²) in [4.78, 5) is 37.4. The number of hydrogen-bond acceptors (Lipinski definition) is 5. The van der Waals surface area contributed by atoms with Crippen molar-refractivity contribution in [1.82, 2.24) is 20.2 Å². The smallest absolute Gasteiger partial charge is 0.275 e. The van der Waals surface area contributed by atoms with E-state index in [-0.39, 0.29) is 23.6 Å². The quantitative estimate of drug-likeness (QED) is 0.500. The van der Waals surface area contributed by atoms with Crippen molar-refractivity contribution in [2.24, 2.45) is 0 Å². The summed E-state index contributed by atoms with van der Waals surface area (Å²) in [7, 11) is 1.60. The molecule has 35 heavy (non-hydrogen) atoms. The molecule has 0 radical (unpaired) electrons. The zero-order valence-electron chi connectivity index (χ0n) is 20.1. The Morgan fingerprint density at radius 2 is 1.77 bits per heavy atom. The molecule has 1 aliphatic rings. The van der Waals surface area contributed by atoms with Gasteiger partial charge in [-0.3, -0.25) is 14.6 Å². The van der Waals surface area contributed by atoms with Crippen LogP contribution in [-0.4, -0.2) is 46.4 Å². The van der Waals surface area contributed by atoms with Crippen LogP contribution in [0.5, 0.6) is 5.75 Å². The number of carbonyl (C=O) groups is 2. The largest absolute Gasteiger partial charge is 0.497 e. The van der Waals surface area contributed by atoms with Gasteiger partial charge in [0.2, 0.25) is 5.91 Å². The Bertz CT molecular complexity index is 1080.